The Labute approximate surface area is 129 Å². The quantitative estimate of drug-likeness (QED) is 0.662. The van der Waals surface area contributed by atoms with Crippen molar-refractivity contribution in [3.8, 4) is 5.75 Å². The van der Waals surface area contributed by atoms with Crippen LogP contribution in [-0.2, 0) is 4.74 Å². The van der Waals surface area contributed by atoms with E-state index in [1.54, 1.807) is 7.11 Å². The smallest absolute Gasteiger partial charge is 0.118 e. The summed E-state index contributed by atoms with van der Waals surface area (Å²) in [5.74, 6) is 1.64. The molecule has 3 nitrogen and oxygen atoms in total. The number of rotatable bonds is 10. The zero-order chi connectivity index (χ0) is 15.1. The minimum Gasteiger partial charge on any atom is -0.497 e. The van der Waals surface area contributed by atoms with E-state index in [9.17, 15) is 0 Å². The molecule has 3 heteroatoms. The van der Waals surface area contributed by atoms with Crippen molar-refractivity contribution >= 4 is 0 Å². The van der Waals surface area contributed by atoms with Gasteiger partial charge in [-0.3, -0.25) is 0 Å². The van der Waals surface area contributed by atoms with Gasteiger partial charge in [-0.25, -0.2) is 0 Å². The van der Waals surface area contributed by atoms with E-state index in [2.05, 4.69) is 31.3 Å². The second kappa shape index (κ2) is 8.40. The van der Waals surface area contributed by atoms with Crippen LogP contribution in [0.15, 0.2) is 24.3 Å². The van der Waals surface area contributed by atoms with Gasteiger partial charge in [0.1, 0.15) is 5.75 Å². The molecule has 0 spiro atoms. The van der Waals surface area contributed by atoms with Crippen molar-refractivity contribution in [1.82, 2.24) is 5.32 Å². The second-order valence-electron chi connectivity index (χ2n) is 6.35. The van der Waals surface area contributed by atoms with Gasteiger partial charge in [0.15, 0.2) is 0 Å². The number of benzene rings is 1. The monoisotopic (exact) mass is 291 g/mol. The molecule has 1 atom stereocenters. The summed E-state index contributed by atoms with van der Waals surface area (Å²) < 4.78 is 11.4. The Kier molecular flexibility index (Phi) is 6.52. The van der Waals surface area contributed by atoms with Crippen molar-refractivity contribution in [3.05, 3.63) is 29.8 Å². The maximum absolute atomic E-state index is 6.13. The number of nitrogens with one attached hydrogen (secondary N) is 1. The van der Waals surface area contributed by atoms with Crippen molar-refractivity contribution in [2.24, 2.45) is 5.92 Å². The molecule has 1 aliphatic rings. The Balaban J connectivity index is 1.86. The fourth-order valence-electron chi connectivity index (χ4n) is 2.37. The molecule has 0 aliphatic heterocycles. The van der Waals surface area contributed by atoms with Gasteiger partial charge in [-0.05, 0) is 49.3 Å². The topological polar surface area (TPSA) is 30.5 Å². The van der Waals surface area contributed by atoms with Crippen LogP contribution in [0.3, 0.4) is 0 Å². The summed E-state index contributed by atoms with van der Waals surface area (Å²) >= 11 is 0. The molecule has 1 saturated carbocycles. The molecule has 1 fully saturated rings. The summed E-state index contributed by atoms with van der Waals surface area (Å²) in [5, 5.41) is 3.58. The average Bonchev–Trinajstić information content (AvgIpc) is 3.30. The molecule has 1 N–H and O–H groups in total. The molecule has 1 unspecified atom stereocenters. The molecular weight excluding hydrogens is 262 g/mol. The van der Waals surface area contributed by atoms with Crippen LogP contribution in [0.2, 0.25) is 0 Å². The van der Waals surface area contributed by atoms with Crippen LogP contribution >= 0.6 is 0 Å². The largest absolute Gasteiger partial charge is 0.497 e. The molecule has 21 heavy (non-hydrogen) atoms. The zero-order valence-corrected chi connectivity index (χ0v) is 13.6. The first-order valence-electron chi connectivity index (χ1n) is 8.18. The lowest BCUT2D eigenvalue weighted by atomic mass is 10.1. The normalized spacial score (nSPS) is 16.2. The lowest BCUT2D eigenvalue weighted by Crippen LogP contribution is -2.25. The van der Waals surface area contributed by atoms with Crippen molar-refractivity contribution in [2.75, 3.05) is 20.3 Å². The maximum atomic E-state index is 6.13. The van der Waals surface area contributed by atoms with Gasteiger partial charge < -0.3 is 14.8 Å². The summed E-state index contributed by atoms with van der Waals surface area (Å²) in [7, 11) is 1.70. The van der Waals surface area contributed by atoms with Crippen molar-refractivity contribution in [2.45, 2.75) is 51.7 Å². The minimum absolute atomic E-state index is 0.142. The van der Waals surface area contributed by atoms with Gasteiger partial charge in [0, 0.05) is 19.2 Å². The van der Waals surface area contributed by atoms with E-state index in [4.69, 9.17) is 9.47 Å². The summed E-state index contributed by atoms with van der Waals surface area (Å²) in [6.07, 6.45) is 5.12. The van der Waals surface area contributed by atoms with E-state index in [0.29, 0.717) is 6.04 Å². The van der Waals surface area contributed by atoms with Crippen LogP contribution in [0, 0.1) is 5.92 Å². The molecule has 0 radical (unpaired) electrons. The Hall–Kier alpha value is -1.06. The summed E-state index contributed by atoms with van der Waals surface area (Å²) in [4.78, 5) is 0. The van der Waals surface area contributed by atoms with Gasteiger partial charge >= 0.3 is 0 Å². The van der Waals surface area contributed by atoms with Crippen LogP contribution in [0.5, 0.6) is 5.75 Å². The average molecular weight is 291 g/mol. The van der Waals surface area contributed by atoms with Crippen molar-refractivity contribution < 1.29 is 9.47 Å². The van der Waals surface area contributed by atoms with Crippen LogP contribution in [-0.4, -0.2) is 26.3 Å². The lowest BCUT2D eigenvalue weighted by Gasteiger charge is -2.20. The molecule has 0 heterocycles. The highest BCUT2D eigenvalue weighted by Gasteiger charge is 2.22. The second-order valence-corrected chi connectivity index (χ2v) is 6.35. The predicted octanol–water partition coefficient (Wildman–Crippen LogP) is 3.94. The van der Waals surface area contributed by atoms with Gasteiger partial charge in [0.25, 0.3) is 0 Å². The van der Waals surface area contributed by atoms with Gasteiger partial charge in [-0.15, -0.1) is 0 Å². The van der Waals surface area contributed by atoms with E-state index in [1.807, 2.05) is 12.1 Å². The molecule has 2 rings (SSSR count). The maximum Gasteiger partial charge on any atom is 0.118 e. The summed E-state index contributed by atoms with van der Waals surface area (Å²) in [5.41, 5.74) is 1.23. The SMILES string of the molecule is COc1ccc(C(CNC2CC2)OCCCC(C)C)cc1. The van der Waals surface area contributed by atoms with E-state index >= 15 is 0 Å². The van der Waals surface area contributed by atoms with Gasteiger partial charge in [0.05, 0.1) is 13.2 Å². The lowest BCUT2D eigenvalue weighted by molar-refractivity contribution is 0.0484. The molecular formula is C18H29NO2. The number of hydrogen-bond acceptors (Lipinski definition) is 3. The highest BCUT2D eigenvalue weighted by Crippen LogP contribution is 2.24. The van der Waals surface area contributed by atoms with Crippen molar-refractivity contribution in [3.63, 3.8) is 0 Å². The zero-order valence-electron chi connectivity index (χ0n) is 13.6. The van der Waals surface area contributed by atoms with Crippen LogP contribution in [0.4, 0.5) is 0 Å². The van der Waals surface area contributed by atoms with E-state index in [1.165, 1.54) is 24.8 Å². The Morgan fingerprint density at radius 1 is 1.19 bits per heavy atom. The Bertz CT molecular complexity index is 398. The molecule has 1 aromatic rings. The number of hydrogen-bond donors (Lipinski definition) is 1. The van der Waals surface area contributed by atoms with Crippen LogP contribution in [0.25, 0.3) is 0 Å². The first-order chi connectivity index (χ1) is 10.2. The number of methoxy groups -OCH3 is 1. The summed E-state index contributed by atoms with van der Waals surface area (Å²) in [6, 6.07) is 8.96. The highest BCUT2D eigenvalue weighted by molar-refractivity contribution is 5.28. The molecule has 1 aromatic carbocycles. The summed E-state index contributed by atoms with van der Waals surface area (Å²) in [6.45, 7) is 6.26. The predicted molar refractivity (Wildman–Crippen MR) is 86.8 cm³/mol. The van der Waals surface area contributed by atoms with Gasteiger partial charge in [0.2, 0.25) is 0 Å². The minimum atomic E-state index is 0.142. The molecule has 0 amide bonds. The van der Waals surface area contributed by atoms with Crippen LogP contribution in [0.1, 0.15) is 51.2 Å². The van der Waals surface area contributed by atoms with Crippen LogP contribution < -0.4 is 10.1 Å². The Morgan fingerprint density at radius 3 is 2.48 bits per heavy atom. The van der Waals surface area contributed by atoms with Gasteiger partial charge in [-0.2, -0.15) is 0 Å². The highest BCUT2D eigenvalue weighted by atomic mass is 16.5. The fourth-order valence-corrected chi connectivity index (χ4v) is 2.37. The first kappa shape index (κ1) is 16.3. The molecule has 0 bridgehead atoms. The fraction of sp³-hybridized carbons (Fsp3) is 0.667. The van der Waals surface area contributed by atoms with E-state index in [-0.39, 0.29) is 6.10 Å². The van der Waals surface area contributed by atoms with E-state index < -0.39 is 0 Å². The third-order valence-corrected chi connectivity index (χ3v) is 3.90. The Morgan fingerprint density at radius 2 is 1.90 bits per heavy atom. The third kappa shape index (κ3) is 6.06. The molecule has 1 aliphatic carbocycles. The molecule has 0 saturated heterocycles. The van der Waals surface area contributed by atoms with Crippen molar-refractivity contribution in [1.29, 1.82) is 0 Å². The standard InChI is InChI=1S/C18H29NO2/c1-14(2)5-4-12-21-18(13-19-16-8-9-16)15-6-10-17(20-3)11-7-15/h6-7,10-11,14,16,18-19H,4-5,8-9,12-13H2,1-3H3. The number of ether oxygens (including phenoxy) is 2. The molecule has 118 valence electrons. The first-order valence-corrected chi connectivity index (χ1v) is 8.18. The third-order valence-electron chi connectivity index (χ3n) is 3.90. The van der Waals surface area contributed by atoms with E-state index in [0.717, 1.165) is 31.2 Å². The molecule has 0 aromatic heterocycles. The van der Waals surface area contributed by atoms with Gasteiger partial charge in [-0.1, -0.05) is 26.0 Å².